The topological polar surface area (TPSA) is 199 Å². The predicted octanol–water partition coefficient (Wildman–Crippen LogP) is -4.17. The summed E-state index contributed by atoms with van der Waals surface area (Å²) in [5.74, 6) is -0.678. The van der Waals surface area contributed by atoms with Crippen LogP contribution in [-0.4, -0.2) is 98.6 Å². The van der Waals surface area contributed by atoms with Gasteiger partial charge in [0.15, 0.2) is 6.29 Å². The molecule has 1 heterocycles. The van der Waals surface area contributed by atoms with Gasteiger partial charge in [0.25, 0.3) is 0 Å². The Morgan fingerprint density at radius 3 is 2.29 bits per heavy atom. The van der Waals surface area contributed by atoms with Crippen LogP contribution in [0.2, 0.25) is 0 Å². The average Bonchev–Trinajstić information content (AvgIpc) is 2.62. The number of methoxy groups -OCH3 is 1. The summed E-state index contributed by atoms with van der Waals surface area (Å²) in [6.07, 6.45) is -6.87. The van der Waals surface area contributed by atoms with Gasteiger partial charge in [0.1, 0.15) is 24.4 Å². The van der Waals surface area contributed by atoms with Crippen molar-refractivity contribution in [1.82, 2.24) is 5.32 Å². The molecule has 0 spiro atoms. The van der Waals surface area contributed by atoms with Crippen LogP contribution in [0, 0.1) is 0 Å². The van der Waals surface area contributed by atoms with E-state index in [4.69, 9.17) is 24.1 Å². The average molecular weight is 431 g/mol. The summed E-state index contributed by atoms with van der Waals surface area (Å²) in [5, 5.41) is 31.3. The van der Waals surface area contributed by atoms with Crippen LogP contribution in [-0.2, 0) is 32.8 Å². The highest BCUT2D eigenvalue weighted by molar-refractivity contribution is 7.43. The van der Waals surface area contributed by atoms with Gasteiger partial charge >= 0.3 is 0 Å². The van der Waals surface area contributed by atoms with E-state index in [1.165, 1.54) is 7.11 Å². The number of carbonyl (C=O) groups excluding carboxylic acids is 1. The zero-order valence-corrected chi connectivity index (χ0v) is 16.2. The largest absolute Gasteiger partial charge is 0.790 e. The van der Waals surface area contributed by atoms with Crippen LogP contribution in [0.25, 0.3) is 0 Å². The lowest BCUT2D eigenvalue weighted by atomic mass is 9.97. The van der Waals surface area contributed by atoms with Crippen molar-refractivity contribution in [2.45, 2.75) is 37.1 Å². The molecule has 28 heavy (non-hydrogen) atoms. The zero-order valence-electron chi connectivity index (χ0n) is 15.3. The van der Waals surface area contributed by atoms with E-state index in [0.717, 1.165) is 0 Å². The van der Waals surface area contributed by atoms with E-state index >= 15 is 0 Å². The summed E-state index contributed by atoms with van der Waals surface area (Å²) in [4.78, 5) is 33.7. The maximum absolute atomic E-state index is 12.0. The minimum absolute atomic E-state index is 0.00189. The third kappa shape index (κ3) is 9.20. The molecule has 0 aromatic carbocycles. The second kappa shape index (κ2) is 12.8. The normalized spacial score (nSPS) is 28.3. The Morgan fingerprint density at radius 2 is 1.71 bits per heavy atom. The number of amides is 1. The molecule has 0 saturated carbocycles. The van der Waals surface area contributed by atoms with Gasteiger partial charge in [-0.1, -0.05) is 0 Å². The molecule has 1 fully saturated rings. The van der Waals surface area contributed by atoms with Crippen molar-refractivity contribution in [2.75, 3.05) is 46.8 Å². The lowest BCUT2D eigenvalue weighted by Crippen LogP contribution is -2.64. The number of phosphoric acid groups is 1. The molecule has 5 atom stereocenters. The number of nitrogens with one attached hydrogen (secondary N) is 1. The fourth-order valence-corrected chi connectivity index (χ4v) is 2.78. The van der Waals surface area contributed by atoms with Gasteiger partial charge in [-0.3, -0.25) is 4.79 Å². The molecule has 166 valence electrons. The number of aliphatic hydroxyl groups is 3. The lowest BCUT2D eigenvalue weighted by molar-refractivity contribution is -0.362. The smallest absolute Gasteiger partial charge is 0.222 e. The summed E-state index contributed by atoms with van der Waals surface area (Å²) in [5.41, 5.74) is 0. The first-order valence-corrected chi connectivity index (χ1v) is 9.92. The number of hydrogen-bond acceptors (Lipinski definition) is 12. The molecule has 0 aromatic heterocycles. The Hall–Kier alpha value is -0.700. The minimum Gasteiger partial charge on any atom is -0.790 e. The summed E-state index contributed by atoms with van der Waals surface area (Å²) >= 11 is 0. The van der Waals surface area contributed by atoms with E-state index in [-0.39, 0.29) is 19.6 Å². The Kier molecular flexibility index (Phi) is 11.6. The molecule has 0 aromatic rings. The van der Waals surface area contributed by atoms with Gasteiger partial charge in [-0.05, 0) is 0 Å². The summed E-state index contributed by atoms with van der Waals surface area (Å²) in [6, 6.07) is -1.56. The molecule has 13 nitrogen and oxygen atoms in total. The second-order valence-electron chi connectivity index (χ2n) is 5.82. The van der Waals surface area contributed by atoms with Gasteiger partial charge in [0, 0.05) is 13.5 Å². The van der Waals surface area contributed by atoms with Crippen LogP contribution < -0.4 is 15.1 Å². The van der Waals surface area contributed by atoms with Crippen molar-refractivity contribution < 1.29 is 57.9 Å². The molecule has 1 aliphatic heterocycles. The summed E-state index contributed by atoms with van der Waals surface area (Å²) in [7, 11) is -4.00. The van der Waals surface area contributed by atoms with E-state index in [2.05, 4.69) is 9.84 Å². The number of carbonyl (C=O) groups is 1. The molecule has 4 N–H and O–H groups in total. The van der Waals surface area contributed by atoms with Crippen LogP contribution in [0.1, 0.15) is 6.42 Å². The van der Waals surface area contributed by atoms with E-state index in [0.29, 0.717) is 19.8 Å². The van der Waals surface area contributed by atoms with Gasteiger partial charge in [0.2, 0.25) is 5.91 Å². The molecule has 1 aliphatic rings. The third-order valence-electron chi connectivity index (χ3n) is 3.72. The van der Waals surface area contributed by atoms with Crippen LogP contribution in [0.15, 0.2) is 0 Å². The zero-order chi connectivity index (χ0) is 21.2. The van der Waals surface area contributed by atoms with Gasteiger partial charge in [-0.15, -0.1) is 0 Å². The molecule has 0 radical (unpaired) electrons. The Bertz CT molecular complexity index is 503. The van der Waals surface area contributed by atoms with Crippen LogP contribution >= 0.6 is 7.82 Å². The molecule has 1 rings (SSSR count). The molecule has 0 bridgehead atoms. The number of phosphoric ester groups is 1. The molecule has 1 saturated heterocycles. The Labute approximate surface area is 161 Å². The van der Waals surface area contributed by atoms with E-state index < -0.39 is 51.0 Å². The van der Waals surface area contributed by atoms with Crippen LogP contribution in [0.5, 0.6) is 0 Å². The second-order valence-corrected chi connectivity index (χ2v) is 6.93. The highest BCUT2D eigenvalue weighted by Gasteiger charge is 2.45. The van der Waals surface area contributed by atoms with E-state index in [1.807, 2.05) is 0 Å². The van der Waals surface area contributed by atoms with Crippen molar-refractivity contribution in [2.24, 2.45) is 0 Å². The number of ether oxygens (including phenoxy) is 4. The minimum atomic E-state index is -5.54. The van der Waals surface area contributed by atoms with Crippen molar-refractivity contribution in [1.29, 1.82) is 0 Å². The molecule has 0 aliphatic carbocycles. The van der Waals surface area contributed by atoms with Crippen LogP contribution in [0.4, 0.5) is 0 Å². The molecule has 14 heteroatoms. The highest BCUT2D eigenvalue weighted by Crippen LogP contribution is 2.33. The third-order valence-corrected chi connectivity index (χ3v) is 4.18. The summed E-state index contributed by atoms with van der Waals surface area (Å²) in [6.45, 7) is 0.596. The summed E-state index contributed by atoms with van der Waals surface area (Å²) < 4.78 is 35.2. The van der Waals surface area contributed by atoms with Gasteiger partial charge < -0.3 is 58.5 Å². The van der Waals surface area contributed by atoms with Gasteiger partial charge in [0.05, 0.1) is 47.5 Å². The molecular formula is C14H26NO12P-2. The van der Waals surface area contributed by atoms with Crippen molar-refractivity contribution in [3.63, 3.8) is 0 Å². The predicted molar refractivity (Wildman–Crippen MR) is 86.5 cm³/mol. The quantitative estimate of drug-likeness (QED) is 0.162. The Balaban J connectivity index is 2.48. The van der Waals surface area contributed by atoms with Crippen molar-refractivity contribution >= 4 is 13.7 Å². The van der Waals surface area contributed by atoms with Crippen LogP contribution in [0.3, 0.4) is 0 Å². The number of hydrogen-bond donors (Lipinski definition) is 4. The first-order chi connectivity index (χ1) is 13.2. The fraction of sp³-hybridized carbons (Fsp3) is 0.929. The highest BCUT2D eigenvalue weighted by atomic mass is 31.2. The van der Waals surface area contributed by atoms with Crippen molar-refractivity contribution in [3.05, 3.63) is 0 Å². The monoisotopic (exact) mass is 431 g/mol. The van der Waals surface area contributed by atoms with E-state index in [1.54, 1.807) is 0 Å². The molecular weight excluding hydrogens is 405 g/mol. The lowest BCUT2D eigenvalue weighted by Gasteiger charge is -2.45. The molecule has 1 amide bonds. The number of rotatable bonds is 13. The van der Waals surface area contributed by atoms with Gasteiger partial charge in [-0.25, -0.2) is 0 Å². The first kappa shape index (κ1) is 25.3. The van der Waals surface area contributed by atoms with Gasteiger partial charge in [-0.2, -0.15) is 0 Å². The van der Waals surface area contributed by atoms with Crippen molar-refractivity contribution in [3.8, 4) is 0 Å². The van der Waals surface area contributed by atoms with E-state index in [9.17, 15) is 29.4 Å². The maximum Gasteiger partial charge on any atom is 0.222 e. The Morgan fingerprint density at radius 1 is 1.11 bits per heavy atom. The standard InChI is InChI=1S/C14H28NO12P/c1-23-4-5-25-7-6-24-3-2-10(17)15-11-13(19)12(18)9(8-16)26-14(11)27-28(20,21)22/h9,11-14,16,18-19H,2-8H2,1H3,(H,15,17)(H2,20,21,22)/p-2/t9?,11?,12-,13+,14+/m0/s1. The number of aliphatic hydroxyl groups excluding tert-OH is 3. The SMILES string of the molecule is COCCOCCOCCC(=O)NC1[C@@H](OP(=O)([O-])[O-])OC(CO)[C@H](O)[C@@H]1O. The maximum atomic E-state index is 12.0. The fourth-order valence-electron chi connectivity index (χ4n) is 2.34. The first-order valence-electron chi connectivity index (χ1n) is 8.46. The molecule has 2 unspecified atom stereocenters.